The largest absolute Gasteiger partial charge is 0.447 e. The molecule has 2 aliphatic carbocycles. The van der Waals surface area contributed by atoms with Crippen LogP contribution in [0.5, 0.6) is 0 Å². The maximum atomic E-state index is 12.5. The molecule has 0 saturated heterocycles. The average molecular weight is 663 g/mol. The standard InChI is InChI=1S/C33H54N6O8/c1-9-38(22-40)27(43)36-24-13-30(3,4)18-32(7,15-24)20-34-26(42)17-46-11-12-47-29(45)35-21-33(8)16-25(14-31(5,6)19-33)37-28(44)39(10-2)23-41/h9-10,22-25H,1-2,11-21H2,3-8H3,(H,34,42)(H,35,45)(H,36,43)(H,37,44). The van der Waals surface area contributed by atoms with E-state index < -0.39 is 18.2 Å². The molecule has 4 unspecified atom stereocenters. The third-order valence-corrected chi connectivity index (χ3v) is 8.70. The fourth-order valence-corrected chi connectivity index (χ4v) is 7.64. The highest BCUT2D eigenvalue weighted by Crippen LogP contribution is 2.47. The van der Waals surface area contributed by atoms with Gasteiger partial charge in [0, 0.05) is 37.6 Å². The SMILES string of the molecule is C=CN(C=O)C(=O)NC1CC(C)(C)CC(C)(CNC(=O)COCCOC(=O)NCC2(C)CC(NC(=O)N(C=C)C=O)CC(C)(C)C2)C1. The number of rotatable bonds is 15. The van der Waals surface area contributed by atoms with E-state index in [4.69, 9.17) is 9.47 Å². The molecular weight excluding hydrogens is 608 g/mol. The Morgan fingerprint density at radius 3 is 1.60 bits per heavy atom. The van der Waals surface area contributed by atoms with Crippen LogP contribution in [0.2, 0.25) is 0 Å². The van der Waals surface area contributed by atoms with Crippen molar-refractivity contribution in [3.05, 3.63) is 25.6 Å². The first kappa shape index (κ1) is 39.2. The van der Waals surface area contributed by atoms with Crippen LogP contribution in [-0.2, 0) is 23.9 Å². The van der Waals surface area contributed by atoms with Crippen molar-refractivity contribution >= 4 is 36.9 Å². The molecule has 0 aromatic carbocycles. The van der Waals surface area contributed by atoms with Gasteiger partial charge in [0.2, 0.25) is 18.7 Å². The second-order valence-electron chi connectivity index (χ2n) is 15.1. The number of nitrogens with one attached hydrogen (secondary N) is 4. The number of nitrogens with zero attached hydrogens (tertiary/aromatic N) is 2. The van der Waals surface area contributed by atoms with Gasteiger partial charge in [-0.2, -0.15) is 0 Å². The van der Waals surface area contributed by atoms with Crippen LogP contribution in [0.1, 0.15) is 80.1 Å². The number of hydrogen-bond acceptors (Lipinski definition) is 8. The molecule has 0 radical (unpaired) electrons. The molecule has 0 heterocycles. The van der Waals surface area contributed by atoms with Gasteiger partial charge in [-0.25, -0.2) is 24.2 Å². The molecule has 8 amide bonds. The lowest BCUT2D eigenvalue weighted by molar-refractivity contribution is -0.127. The zero-order valence-corrected chi connectivity index (χ0v) is 28.8. The van der Waals surface area contributed by atoms with Gasteiger partial charge in [-0.1, -0.05) is 54.7 Å². The van der Waals surface area contributed by atoms with E-state index in [0.717, 1.165) is 47.9 Å². The van der Waals surface area contributed by atoms with Crippen molar-refractivity contribution in [2.24, 2.45) is 21.7 Å². The van der Waals surface area contributed by atoms with Gasteiger partial charge in [-0.05, 0) is 60.2 Å². The predicted octanol–water partition coefficient (Wildman–Crippen LogP) is 3.64. The number of hydrogen-bond donors (Lipinski definition) is 4. The lowest BCUT2D eigenvalue weighted by Gasteiger charge is -2.47. The summed E-state index contributed by atoms with van der Waals surface area (Å²) >= 11 is 0. The van der Waals surface area contributed by atoms with Crippen LogP contribution >= 0.6 is 0 Å². The second-order valence-corrected chi connectivity index (χ2v) is 15.1. The molecule has 264 valence electrons. The third kappa shape index (κ3) is 13.0. The Morgan fingerprint density at radius 1 is 0.723 bits per heavy atom. The molecule has 2 fully saturated rings. The molecule has 4 N–H and O–H groups in total. The van der Waals surface area contributed by atoms with Gasteiger partial charge < -0.3 is 30.7 Å². The molecule has 47 heavy (non-hydrogen) atoms. The summed E-state index contributed by atoms with van der Waals surface area (Å²) in [6, 6.07) is -1.45. The van der Waals surface area contributed by atoms with E-state index in [2.05, 4.69) is 69.0 Å². The quantitative estimate of drug-likeness (QED) is 0.152. The number of alkyl carbamates (subject to hydrolysis) is 1. The normalized spacial score (nSPS) is 26.0. The van der Waals surface area contributed by atoms with Crippen molar-refractivity contribution in [1.29, 1.82) is 0 Å². The molecule has 2 rings (SSSR count). The summed E-state index contributed by atoms with van der Waals surface area (Å²) in [5.41, 5.74) is -0.840. The fraction of sp³-hybridized carbons (Fsp3) is 0.697. The van der Waals surface area contributed by atoms with Crippen LogP contribution in [0.3, 0.4) is 0 Å². The average Bonchev–Trinajstić information content (AvgIpc) is 2.94. The maximum absolute atomic E-state index is 12.5. The fourth-order valence-electron chi connectivity index (χ4n) is 7.64. The first-order valence-corrected chi connectivity index (χ1v) is 16.0. The van der Waals surface area contributed by atoms with E-state index in [9.17, 15) is 28.8 Å². The highest BCUT2D eigenvalue weighted by molar-refractivity contribution is 5.86. The van der Waals surface area contributed by atoms with Crippen LogP contribution in [0.25, 0.3) is 0 Å². The third-order valence-electron chi connectivity index (χ3n) is 8.70. The molecule has 0 aromatic heterocycles. The van der Waals surface area contributed by atoms with E-state index >= 15 is 0 Å². The number of ether oxygens (including phenoxy) is 2. The van der Waals surface area contributed by atoms with E-state index in [1.165, 1.54) is 0 Å². The molecule has 14 heteroatoms. The van der Waals surface area contributed by atoms with E-state index in [1.54, 1.807) is 0 Å². The van der Waals surface area contributed by atoms with Crippen molar-refractivity contribution in [3.63, 3.8) is 0 Å². The van der Waals surface area contributed by atoms with Crippen LogP contribution in [0.15, 0.2) is 25.6 Å². The summed E-state index contributed by atoms with van der Waals surface area (Å²) < 4.78 is 10.7. The lowest BCUT2D eigenvalue weighted by atomic mass is 9.62. The Labute approximate surface area is 278 Å². The topological polar surface area (TPSA) is 175 Å². The summed E-state index contributed by atoms with van der Waals surface area (Å²) in [7, 11) is 0. The van der Waals surface area contributed by atoms with Crippen LogP contribution in [0, 0.1) is 21.7 Å². The first-order valence-electron chi connectivity index (χ1n) is 16.0. The first-order chi connectivity index (χ1) is 21.9. The van der Waals surface area contributed by atoms with E-state index in [1.807, 2.05) is 6.92 Å². The summed E-state index contributed by atoms with van der Waals surface area (Å²) in [6.45, 7) is 19.9. The Morgan fingerprint density at radius 2 is 1.17 bits per heavy atom. The van der Waals surface area contributed by atoms with Gasteiger partial charge in [-0.3, -0.25) is 14.4 Å². The number of amides is 8. The molecule has 0 aromatic rings. The lowest BCUT2D eigenvalue weighted by Crippen LogP contribution is -2.52. The summed E-state index contributed by atoms with van der Waals surface area (Å²) in [5.74, 6) is -0.308. The van der Waals surface area contributed by atoms with Crippen molar-refractivity contribution in [3.8, 4) is 0 Å². The predicted molar refractivity (Wildman–Crippen MR) is 175 cm³/mol. The minimum atomic E-state index is -0.610. The van der Waals surface area contributed by atoms with E-state index in [0.29, 0.717) is 38.8 Å². The second kappa shape index (κ2) is 16.8. The van der Waals surface area contributed by atoms with Crippen molar-refractivity contribution in [2.45, 2.75) is 92.2 Å². The Balaban J connectivity index is 1.73. The monoisotopic (exact) mass is 662 g/mol. The van der Waals surface area contributed by atoms with Crippen LogP contribution in [0.4, 0.5) is 14.4 Å². The highest BCUT2D eigenvalue weighted by Gasteiger charge is 2.43. The van der Waals surface area contributed by atoms with Gasteiger partial charge in [0.1, 0.15) is 13.2 Å². The van der Waals surface area contributed by atoms with E-state index in [-0.39, 0.29) is 59.5 Å². The molecule has 0 spiro atoms. The molecule has 0 aliphatic heterocycles. The van der Waals surface area contributed by atoms with Gasteiger partial charge >= 0.3 is 18.2 Å². The van der Waals surface area contributed by atoms with Crippen LogP contribution < -0.4 is 21.3 Å². The van der Waals surface area contributed by atoms with Crippen molar-refractivity contribution in [2.75, 3.05) is 32.9 Å². The molecule has 4 atom stereocenters. The van der Waals surface area contributed by atoms with Gasteiger partial charge in [0.25, 0.3) is 0 Å². The van der Waals surface area contributed by atoms with Gasteiger partial charge in [0.15, 0.2) is 0 Å². The summed E-state index contributed by atoms with van der Waals surface area (Å²) in [4.78, 5) is 73.5. The van der Waals surface area contributed by atoms with Crippen molar-refractivity contribution < 1.29 is 38.2 Å². The number of urea groups is 2. The molecule has 2 saturated carbocycles. The Bertz CT molecular complexity index is 1070. The Hall–Kier alpha value is -3.94. The van der Waals surface area contributed by atoms with Crippen LogP contribution in [-0.4, -0.2) is 91.7 Å². The van der Waals surface area contributed by atoms with Gasteiger partial charge in [0.05, 0.1) is 6.61 Å². The Kier molecular flexibility index (Phi) is 14.0. The molecular formula is C33H54N6O8. The number of imide groups is 2. The summed E-state index contributed by atoms with van der Waals surface area (Å²) in [5, 5.41) is 11.5. The zero-order chi connectivity index (χ0) is 35.5. The zero-order valence-electron chi connectivity index (χ0n) is 28.8. The maximum Gasteiger partial charge on any atom is 0.407 e. The molecule has 2 aliphatic rings. The number of carbonyl (C=O) groups excluding carboxylic acids is 6. The summed E-state index contributed by atoms with van der Waals surface area (Å²) in [6.07, 6.45) is 6.82. The highest BCUT2D eigenvalue weighted by atomic mass is 16.6. The minimum Gasteiger partial charge on any atom is -0.447 e. The molecule has 14 nitrogen and oxygen atoms in total. The van der Waals surface area contributed by atoms with Crippen molar-refractivity contribution in [1.82, 2.24) is 31.1 Å². The minimum absolute atomic E-state index is 0.0325. The number of carbonyl (C=O) groups is 6. The molecule has 0 bridgehead atoms. The van der Waals surface area contributed by atoms with Gasteiger partial charge in [-0.15, -0.1) is 0 Å². The smallest absolute Gasteiger partial charge is 0.407 e.